The zero-order chi connectivity index (χ0) is 13.9. The fourth-order valence-electron chi connectivity index (χ4n) is 2.66. The Balaban J connectivity index is 2.05. The number of nitrogens with zero attached hydrogens (tertiary/aromatic N) is 1. The summed E-state index contributed by atoms with van der Waals surface area (Å²) in [6.07, 6.45) is 3.08. The SMILES string of the molecule is CC[C@H](O)c1ccc(N2CCCC(C)(O)CC2)cc1. The van der Waals surface area contributed by atoms with Crippen LogP contribution in [-0.4, -0.2) is 28.9 Å². The highest BCUT2D eigenvalue weighted by atomic mass is 16.3. The molecule has 1 aliphatic rings. The number of anilines is 1. The molecule has 2 rings (SSSR count). The fraction of sp³-hybridized carbons (Fsp3) is 0.625. The first-order chi connectivity index (χ1) is 9.02. The minimum Gasteiger partial charge on any atom is -0.390 e. The van der Waals surface area contributed by atoms with E-state index >= 15 is 0 Å². The lowest BCUT2D eigenvalue weighted by Crippen LogP contribution is -2.28. The van der Waals surface area contributed by atoms with Crippen molar-refractivity contribution in [1.29, 1.82) is 0 Å². The molecule has 1 heterocycles. The third kappa shape index (κ3) is 3.71. The van der Waals surface area contributed by atoms with Gasteiger partial charge < -0.3 is 15.1 Å². The Kier molecular flexibility index (Phi) is 4.48. The van der Waals surface area contributed by atoms with Gasteiger partial charge in [0.15, 0.2) is 0 Å². The molecule has 19 heavy (non-hydrogen) atoms. The quantitative estimate of drug-likeness (QED) is 0.881. The number of hydrogen-bond donors (Lipinski definition) is 2. The van der Waals surface area contributed by atoms with Crippen molar-refractivity contribution in [1.82, 2.24) is 0 Å². The maximum atomic E-state index is 10.1. The van der Waals surface area contributed by atoms with E-state index in [0.717, 1.165) is 44.3 Å². The van der Waals surface area contributed by atoms with Crippen LogP contribution in [-0.2, 0) is 0 Å². The standard InChI is InChI=1S/C16H25NO2/c1-3-15(18)13-5-7-14(8-6-13)17-11-4-9-16(2,19)10-12-17/h5-8,15,18-19H,3-4,9-12H2,1-2H3/t15-,16?/m0/s1. The number of rotatable bonds is 3. The second-order valence-electron chi connectivity index (χ2n) is 5.85. The van der Waals surface area contributed by atoms with E-state index < -0.39 is 5.60 Å². The summed E-state index contributed by atoms with van der Waals surface area (Å²) < 4.78 is 0. The zero-order valence-corrected chi connectivity index (χ0v) is 12.0. The highest BCUT2D eigenvalue weighted by Crippen LogP contribution is 2.26. The Labute approximate surface area is 115 Å². The molecule has 1 unspecified atom stereocenters. The lowest BCUT2D eigenvalue weighted by molar-refractivity contribution is 0.0481. The summed E-state index contributed by atoms with van der Waals surface area (Å²) in [5, 5.41) is 19.9. The molecule has 0 radical (unpaired) electrons. The number of aliphatic hydroxyl groups is 2. The van der Waals surface area contributed by atoms with Crippen molar-refractivity contribution in [3.8, 4) is 0 Å². The van der Waals surface area contributed by atoms with Crippen LogP contribution in [0.1, 0.15) is 51.2 Å². The molecule has 1 aliphatic heterocycles. The van der Waals surface area contributed by atoms with Gasteiger partial charge in [-0.05, 0) is 50.3 Å². The highest BCUT2D eigenvalue weighted by molar-refractivity contribution is 5.48. The van der Waals surface area contributed by atoms with Crippen molar-refractivity contribution >= 4 is 5.69 Å². The number of benzene rings is 1. The Bertz CT molecular complexity index is 400. The summed E-state index contributed by atoms with van der Waals surface area (Å²) in [7, 11) is 0. The topological polar surface area (TPSA) is 43.7 Å². The maximum absolute atomic E-state index is 10.1. The first kappa shape index (κ1) is 14.4. The molecule has 3 heteroatoms. The van der Waals surface area contributed by atoms with Crippen LogP contribution < -0.4 is 4.90 Å². The van der Waals surface area contributed by atoms with Gasteiger partial charge in [0.25, 0.3) is 0 Å². The average Bonchev–Trinajstić information content (AvgIpc) is 2.59. The molecule has 0 spiro atoms. The third-order valence-electron chi connectivity index (χ3n) is 4.09. The largest absolute Gasteiger partial charge is 0.390 e. The summed E-state index contributed by atoms with van der Waals surface area (Å²) >= 11 is 0. The Hall–Kier alpha value is -1.06. The highest BCUT2D eigenvalue weighted by Gasteiger charge is 2.24. The predicted molar refractivity (Wildman–Crippen MR) is 78.4 cm³/mol. The van der Waals surface area contributed by atoms with Crippen molar-refractivity contribution in [2.45, 2.75) is 51.2 Å². The summed E-state index contributed by atoms with van der Waals surface area (Å²) in [6, 6.07) is 8.17. The van der Waals surface area contributed by atoms with Gasteiger partial charge >= 0.3 is 0 Å². The van der Waals surface area contributed by atoms with Crippen LogP contribution in [0.4, 0.5) is 5.69 Å². The molecule has 1 aromatic rings. The minimum absolute atomic E-state index is 0.362. The molecule has 0 aliphatic carbocycles. The van der Waals surface area contributed by atoms with Gasteiger partial charge in [0.1, 0.15) is 0 Å². The lowest BCUT2D eigenvalue weighted by atomic mass is 9.98. The van der Waals surface area contributed by atoms with Crippen LogP contribution in [0.25, 0.3) is 0 Å². The Morgan fingerprint density at radius 1 is 1.21 bits per heavy atom. The van der Waals surface area contributed by atoms with Gasteiger partial charge in [-0.25, -0.2) is 0 Å². The van der Waals surface area contributed by atoms with Crippen molar-refractivity contribution in [3.05, 3.63) is 29.8 Å². The van der Waals surface area contributed by atoms with Gasteiger partial charge in [-0.15, -0.1) is 0 Å². The molecule has 0 bridgehead atoms. The van der Waals surface area contributed by atoms with Crippen molar-refractivity contribution in [3.63, 3.8) is 0 Å². The summed E-state index contributed by atoms with van der Waals surface area (Å²) in [5.41, 5.74) is 1.64. The summed E-state index contributed by atoms with van der Waals surface area (Å²) in [4.78, 5) is 2.32. The van der Waals surface area contributed by atoms with Crippen LogP contribution in [0.2, 0.25) is 0 Å². The van der Waals surface area contributed by atoms with E-state index in [1.165, 1.54) is 5.69 Å². The molecule has 0 saturated carbocycles. The molecule has 1 fully saturated rings. The van der Waals surface area contributed by atoms with Crippen LogP contribution >= 0.6 is 0 Å². The average molecular weight is 263 g/mol. The predicted octanol–water partition coefficient (Wildman–Crippen LogP) is 2.87. The molecule has 1 saturated heterocycles. The maximum Gasteiger partial charge on any atom is 0.0787 e. The third-order valence-corrected chi connectivity index (χ3v) is 4.09. The smallest absolute Gasteiger partial charge is 0.0787 e. The molecule has 3 nitrogen and oxygen atoms in total. The van der Waals surface area contributed by atoms with E-state index in [1.807, 2.05) is 26.0 Å². The van der Waals surface area contributed by atoms with Gasteiger partial charge in [-0.2, -0.15) is 0 Å². The van der Waals surface area contributed by atoms with E-state index in [0.29, 0.717) is 0 Å². The van der Waals surface area contributed by atoms with E-state index in [2.05, 4.69) is 17.0 Å². The number of aliphatic hydroxyl groups excluding tert-OH is 1. The van der Waals surface area contributed by atoms with Crippen molar-refractivity contribution in [2.24, 2.45) is 0 Å². The second-order valence-corrected chi connectivity index (χ2v) is 5.85. The second kappa shape index (κ2) is 5.93. The van der Waals surface area contributed by atoms with E-state index in [4.69, 9.17) is 0 Å². The summed E-state index contributed by atoms with van der Waals surface area (Å²) in [5.74, 6) is 0. The molecule has 2 atom stereocenters. The molecule has 106 valence electrons. The van der Waals surface area contributed by atoms with Crippen LogP contribution in [0.3, 0.4) is 0 Å². The van der Waals surface area contributed by atoms with Crippen molar-refractivity contribution < 1.29 is 10.2 Å². The Morgan fingerprint density at radius 2 is 1.89 bits per heavy atom. The van der Waals surface area contributed by atoms with Gasteiger partial charge in [0.2, 0.25) is 0 Å². The molecular weight excluding hydrogens is 238 g/mol. The van der Waals surface area contributed by atoms with E-state index in [-0.39, 0.29) is 6.10 Å². The van der Waals surface area contributed by atoms with Crippen LogP contribution in [0.5, 0.6) is 0 Å². The zero-order valence-electron chi connectivity index (χ0n) is 12.0. The van der Waals surface area contributed by atoms with Gasteiger partial charge in [-0.3, -0.25) is 0 Å². The van der Waals surface area contributed by atoms with Crippen LogP contribution in [0, 0.1) is 0 Å². The lowest BCUT2D eigenvalue weighted by Gasteiger charge is -2.24. The molecular formula is C16H25NO2. The molecule has 0 aromatic heterocycles. The minimum atomic E-state index is -0.521. The van der Waals surface area contributed by atoms with E-state index in [1.54, 1.807) is 0 Å². The summed E-state index contributed by atoms with van der Waals surface area (Å²) in [6.45, 7) is 5.79. The van der Waals surface area contributed by atoms with Gasteiger partial charge in [0.05, 0.1) is 11.7 Å². The fourth-order valence-corrected chi connectivity index (χ4v) is 2.66. The Morgan fingerprint density at radius 3 is 2.53 bits per heavy atom. The van der Waals surface area contributed by atoms with Gasteiger partial charge in [-0.1, -0.05) is 19.1 Å². The van der Waals surface area contributed by atoms with Crippen LogP contribution in [0.15, 0.2) is 24.3 Å². The first-order valence-corrected chi connectivity index (χ1v) is 7.27. The van der Waals surface area contributed by atoms with E-state index in [9.17, 15) is 10.2 Å². The monoisotopic (exact) mass is 263 g/mol. The number of hydrogen-bond acceptors (Lipinski definition) is 3. The molecule has 1 aromatic carbocycles. The van der Waals surface area contributed by atoms with Gasteiger partial charge in [0, 0.05) is 18.8 Å². The normalized spacial score (nSPS) is 26.0. The van der Waals surface area contributed by atoms with Crippen molar-refractivity contribution in [2.75, 3.05) is 18.0 Å². The molecule has 0 amide bonds. The molecule has 2 N–H and O–H groups in total. The first-order valence-electron chi connectivity index (χ1n) is 7.27.